The highest BCUT2D eigenvalue weighted by Crippen LogP contribution is 2.13. The molecule has 116 valence electrons. The van der Waals surface area contributed by atoms with Gasteiger partial charge in [0.2, 0.25) is 11.8 Å². The Hall–Kier alpha value is -2.31. The van der Waals surface area contributed by atoms with Gasteiger partial charge in [-0.25, -0.2) is 9.78 Å². The first-order chi connectivity index (χ1) is 9.71. The van der Waals surface area contributed by atoms with Crippen molar-refractivity contribution in [1.29, 1.82) is 0 Å². The highest BCUT2D eigenvalue weighted by atomic mass is 16.6. The first-order valence-electron chi connectivity index (χ1n) is 6.45. The molecule has 7 nitrogen and oxygen atoms in total. The number of nitrogens with zero attached hydrogens (tertiary/aromatic N) is 2. The molecule has 1 N–H and O–H groups in total. The quantitative estimate of drug-likeness (QED) is 0.917. The fourth-order valence-corrected chi connectivity index (χ4v) is 1.42. The van der Waals surface area contributed by atoms with Crippen molar-refractivity contribution in [2.24, 2.45) is 0 Å². The highest BCUT2D eigenvalue weighted by Gasteiger charge is 2.21. The van der Waals surface area contributed by atoms with Gasteiger partial charge in [-0.3, -0.25) is 4.79 Å². The van der Waals surface area contributed by atoms with E-state index in [2.05, 4.69) is 10.3 Å². The Balaban J connectivity index is 2.54. The van der Waals surface area contributed by atoms with Gasteiger partial charge < -0.3 is 19.7 Å². The third-order valence-electron chi connectivity index (χ3n) is 2.31. The third-order valence-corrected chi connectivity index (χ3v) is 2.31. The minimum Gasteiger partial charge on any atom is -0.481 e. The van der Waals surface area contributed by atoms with Crippen molar-refractivity contribution in [2.75, 3.05) is 26.0 Å². The number of ether oxygens (including phenoxy) is 2. The number of likely N-dealkylation sites (N-methyl/N-ethyl adjacent to an activating group) is 1. The largest absolute Gasteiger partial charge is 0.481 e. The smallest absolute Gasteiger partial charge is 0.410 e. The maximum Gasteiger partial charge on any atom is 0.410 e. The Bertz CT molecular complexity index is 511. The molecule has 1 rings (SSSR count). The van der Waals surface area contributed by atoms with Gasteiger partial charge in [-0.1, -0.05) is 0 Å². The van der Waals surface area contributed by atoms with Crippen molar-refractivity contribution in [1.82, 2.24) is 9.88 Å². The van der Waals surface area contributed by atoms with E-state index in [1.54, 1.807) is 32.9 Å². The lowest BCUT2D eigenvalue weighted by molar-refractivity contribution is -0.117. The molecule has 0 fully saturated rings. The number of amides is 2. The molecule has 21 heavy (non-hydrogen) atoms. The van der Waals surface area contributed by atoms with E-state index in [0.29, 0.717) is 11.6 Å². The standard InChI is InChI=1S/C14H21N3O4/c1-14(2,3)21-13(19)17(4)9-11(18)16-10-6-7-15-12(8-10)20-5/h6-8H,9H2,1-5H3,(H,15,16,18). The SMILES string of the molecule is COc1cc(NC(=O)CN(C)C(=O)OC(C)(C)C)ccn1. The average molecular weight is 295 g/mol. The molecule has 2 amide bonds. The molecule has 0 unspecified atom stereocenters. The van der Waals surface area contributed by atoms with E-state index in [0.717, 1.165) is 0 Å². The van der Waals surface area contributed by atoms with Gasteiger partial charge in [-0.2, -0.15) is 0 Å². The monoisotopic (exact) mass is 295 g/mol. The summed E-state index contributed by atoms with van der Waals surface area (Å²) in [7, 11) is 2.99. The molecule has 0 aliphatic rings. The summed E-state index contributed by atoms with van der Waals surface area (Å²) in [6.07, 6.45) is 0.969. The van der Waals surface area contributed by atoms with Gasteiger partial charge in [0.1, 0.15) is 12.1 Å². The molecule has 0 spiro atoms. The molecule has 1 aromatic rings. The molecule has 1 heterocycles. The van der Waals surface area contributed by atoms with E-state index in [1.165, 1.54) is 25.3 Å². The zero-order valence-corrected chi connectivity index (χ0v) is 13.0. The summed E-state index contributed by atoms with van der Waals surface area (Å²) in [6, 6.07) is 3.22. The van der Waals surface area contributed by atoms with Gasteiger partial charge in [0.05, 0.1) is 7.11 Å². The highest BCUT2D eigenvalue weighted by molar-refractivity contribution is 5.93. The molecule has 0 saturated heterocycles. The lowest BCUT2D eigenvalue weighted by atomic mass is 10.2. The summed E-state index contributed by atoms with van der Waals surface area (Å²) in [6.45, 7) is 5.19. The van der Waals surface area contributed by atoms with E-state index in [1.807, 2.05) is 0 Å². The molecule has 0 aromatic carbocycles. The van der Waals surface area contributed by atoms with Crippen LogP contribution in [-0.2, 0) is 9.53 Å². The summed E-state index contributed by atoms with van der Waals surface area (Å²) in [5.74, 6) is 0.0601. The maximum atomic E-state index is 11.9. The number of methoxy groups -OCH3 is 1. The van der Waals surface area contributed by atoms with Crippen LogP contribution in [0.25, 0.3) is 0 Å². The van der Waals surface area contributed by atoms with Gasteiger partial charge in [0, 0.05) is 25.0 Å². The van der Waals surface area contributed by atoms with Crippen LogP contribution in [0, 0.1) is 0 Å². The van der Waals surface area contributed by atoms with Crippen molar-refractivity contribution in [3.05, 3.63) is 18.3 Å². The van der Waals surface area contributed by atoms with E-state index >= 15 is 0 Å². The van der Waals surface area contributed by atoms with E-state index in [9.17, 15) is 9.59 Å². The Kier molecular flexibility index (Phi) is 5.52. The molecule has 0 saturated carbocycles. The van der Waals surface area contributed by atoms with Crippen LogP contribution < -0.4 is 10.1 Å². The van der Waals surface area contributed by atoms with Crippen LogP contribution in [0.1, 0.15) is 20.8 Å². The second-order valence-corrected chi connectivity index (χ2v) is 5.47. The Morgan fingerprint density at radius 3 is 2.62 bits per heavy atom. The number of carbonyl (C=O) groups excluding carboxylic acids is 2. The summed E-state index contributed by atoms with van der Waals surface area (Å²) in [5.41, 5.74) is -0.0512. The van der Waals surface area contributed by atoms with E-state index in [-0.39, 0.29) is 12.5 Å². The molecular formula is C14H21N3O4. The van der Waals surface area contributed by atoms with E-state index in [4.69, 9.17) is 9.47 Å². The first-order valence-corrected chi connectivity index (χ1v) is 6.45. The zero-order chi connectivity index (χ0) is 16.0. The van der Waals surface area contributed by atoms with Gasteiger partial charge in [0.25, 0.3) is 0 Å². The van der Waals surface area contributed by atoms with Crippen molar-refractivity contribution < 1.29 is 19.1 Å². The molecule has 0 bridgehead atoms. The number of nitrogens with one attached hydrogen (secondary N) is 1. The molecule has 0 atom stereocenters. The number of pyridine rings is 1. The van der Waals surface area contributed by atoms with Crippen molar-refractivity contribution in [3.8, 4) is 5.88 Å². The van der Waals surface area contributed by atoms with Crippen molar-refractivity contribution in [2.45, 2.75) is 26.4 Å². The summed E-state index contributed by atoms with van der Waals surface area (Å²) >= 11 is 0. The van der Waals surface area contributed by atoms with E-state index < -0.39 is 11.7 Å². The second-order valence-electron chi connectivity index (χ2n) is 5.47. The van der Waals surface area contributed by atoms with Crippen LogP contribution in [0.2, 0.25) is 0 Å². The minimum absolute atomic E-state index is 0.112. The summed E-state index contributed by atoms with van der Waals surface area (Å²) in [5, 5.41) is 2.66. The second kappa shape index (κ2) is 6.92. The number of hydrogen-bond acceptors (Lipinski definition) is 5. The third kappa shape index (κ3) is 6.11. The molecule has 0 aliphatic heterocycles. The summed E-state index contributed by atoms with van der Waals surface area (Å²) in [4.78, 5) is 28.8. The van der Waals surface area contributed by atoms with Crippen LogP contribution in [0.4, 0.5) is 10.5 Å². The Labute approximate surface area is 124 Å². The van der Waals surface area contributed by atoms with Crippen molar-refractivity contribution >= 4 is 17.7 Å². The number of anilines is 1. The van der Waals surface area contributed by atoms with Gasteiger partial charge in [-0.05, 0) is 26.8 Å². The fourth-order valence-electron chi connectivity index (χ4n) is 1.42. The Morgan fingerprint density at radius 2 is 2.05 bits per heavy atom. The number of hydrogen-bond donors (Lipinski definition) is 1. The fraction of sp³-hybridized carbons (Fsp3) is 0.500. The topological polar surface area (TPSA) is 80.8 Å². The van der Waals surface area contributed by atoms with Crippen molar-refractivity contribution in [3.63, 3.8) is 0 Å². The molecule has 0 aliphatic carbocycles. The van der Waals surface area contributed by atoms with Gasteiger partial charge >= 0.3 is 6.09 Å². The molecule has 7 heteroatoms. The Morgan fingerprint density at radius 1 is 1.38 bits per heavy atom. The zero-order valence-electron chi connectivity index (χ0n) is 13.0. The lowest BCUT2D eigenvalue weighted by Crippen LogP contribution is -2.38. The van der Waals surface area contributed by atoms with Gasteiger partial charge in [0.15, 0.2) is 0 Å². The number of rotatable bonds is 4. The number of aromatic nitrogens is 1. The van der Waals surface area contributed by atoms with Crippen LogP contribution in [0.5, 0.6) is 5.88 Å². The lowest BCUT2D eigenvalue weighted by Gasteiger charge is -2.24. The summed E-state index contributed by atoms with van der Waals surface area (Å²) < 4.78 is 10.1. The first kappa shape index (κ1) is 16.7. The van der Waals surface area contributed by atoms with Gasteiger partial charge in [-0.15, -0.1) is 0 Å². The molecular weight excluding hydrogens is 274 g/mol. The predicted octanol–water partition coefficient (Wildman–Crippen LogP) is 1.90. The average Bonchev–Trinajstić information content (AvgIpc) is 2.36. The van der Waals surface area contributed by atoms with Crippen LogP contribution >= 0.6 is 0 Å². The predicted molar refractivity (Wildman–Crippen MR) is 78.3 cm³/mol. The normalized spacial score (nSPS) is 10.7. The maximum absolute atomic E-state index is 11.9. The van der Waals surface area contributed by atoms with Crippen LogP contribution in [0.3, 0.4) is 0 Å². The molecule has 1 aromatic heterocycles. The minimum atomic E-state index is -0.597. The van der Waals surface area contributed by atoms with Crippen LogP contribution in [0.15, 0.2) is 18.3 Å². The molecule has 0 radical (unpaired) electrons. The van der Waals surface area contributed by atoms with Crippen LogP contribution in [-0.4, -0.2) is 48.2 Å². The number of carbonyl (C=O) groups is 2.